The van der Waals surface area contributed by atoms with E-state index in [1.165, 1.54) is 58.0 Å². The Balaban J connectivity index is 2.04. The van der Waals surface area contributed by atoms with Gasteiger partial charge in [-0.15, -0.1) is 6.58 Å². The smallest absolute Gasteiger partial charge is 0.00209 e. The predicted octanol–water partition coefficient (Wildman–Crippen LogP) is 4.46. The normalized spacial score (nSPS) is 24.9. The van der Waals surface area contributed by atoms with Crippen LogP contribution in [0.15, 0.2) is 23.8 Å². The first-order valence-electron chi connectivity index (χ1n) is 7.66. The molecule has 1 saturated heterocycles. The molecule has 18 heavy (non-hydrogen) atoms. The zero-order valence-electron chi connectivity index (χ0n) is 12.2. The Labute approximate surface area is 113 Å². The largest absolute Gasteiger partial charge is 0.317 e. The van der Waals surface area contributed by atoms with Gasteiger partial charge in [0.25, 0.3) is 0 Å². The van der Waals surface area contributed by atoms with Gasteiger partial charge in [0.2, 0.25) is 0 Å². The summed E-state index contributed by atoms with van der Waals surface area (Å²) in [6.07, 6.45) is 11.6. The van der Waals surface area contributed by atoms with Crippen molar-refractivity contribution in [3.8, 4) is 0 Å². The molecule has 1 heteroatoms. The molecule has 0 aromatic heterocycles. The highest BCUT2D eigenvalue weighted by Gasteiger charge is 2.30. The molecule has 0 amide bonds. The number of nitrogens with one attached hydrogen (secondary N) is 1. The third kappa shape index (κ3) is 3.26. The molecule has 1 atom stereocenters. The van der Waals surface area contributed by atoms with Crippen LogP contribution in [-0.4, -0.2) is 13.1 Å². The molecule has 2 rings (SSSR count). The Kier molecular flexibility index (Phi) is 4.66. The van der Waals surface area contributed by atoms with Gasteiger partial charge >= 0.3 is 0 Å². The van der Waals surface area contributed by atoms with Crippen LogP contribution in [0.1, 0.15) is 58.8 Å². The van der Waals surface area contributed by atoms with E-state index in [0.29, 0.717) is 11.3 Å². The van der Waals surface area contributed by atoms with Gasteiger partial charge in [-0.25, -0.2) is 0 Å². The van der Waals surface area contributed by atoms with Crippen LogP contribution < -0.4 is 5.32 Å². The lowest BCUT2D eigenvalue weighted by Gasteiger charge is -2.37. The van der Waals surface area contributed by atoms with Crippen molar-refractivity contribution in [2.45, 2.75) is 58.8 Å². The minimum atomic E-state index is 0.518. The van der Waals surface area contributed by atoms with E-state index in [4.69, 9.17) is 0 Å². The van der Waals surface area contributed by atoms with Gasteiger partial charge in [0.05, 0.1) is 0 Å². The Morgan fingerprint density at radius 1 is 1.33 bits per heavy atom. The van der Waals surface area contributed by atoms with E-state index in [9.17, 15) is 0 Å². The second kappa shape index (κ2) is 6.06. The molecule has 1 nitrogen and oxygen atoms in total. The van der Waals surface area contributed by atoms with E-state index in [-0.39, 0.29) is 0 Å². The summed E-state index contributed by atoms with van der Waals surface area (Å²) in [7, 11) is 0. The highest BCUT2D eigenvalue weighted by atomic mass is 14.9. The van der Waals surface area contributed by atoms with Crippen molar-refractivity contribution in [1.82, 2.24) is 5.32 Å². The van der Waals surface area contributed by atoms with Crippen molar-refractivity contribution in [2.75, 3.05) is 13.1 Å². The van der Waals surface area contributed by atoms with Crippen LogP contribution in [0.3, 0.4) is 0 Å². The summed E-state index contributed by atoms with van der Waals surface area (Å²) in [6.45, 7) is 11.3. The third-order valence-corrected chi connectivity index (χ3v) is 5.13. The number of allylic oxidation sites excluding steroid dienone is 3. The van der Waals surface area contributed by atoms with Crippen LogP contribution >= 0.6 is 0 Å². The summed E-state index contributed by atoms with van der Waals surface area (Å²) >= 11 is 0. The van der Waals surface area contributed by atoms with Crippen LogP contribution in [0.2, 0.25) is 0 Å². The van der Waals surface area contributed by atoms with Crippen molar-refractivity contribution in [3.63, 3.8) is 0 Å². The van der Waals surface area contributed by atoms with E-state index in [0.717, 1.165) is 0 Å². The molecule has 1 aliphatic heterocycles. The summed E-state index contributed by atoms with van der Waals surface area (Å²) in [6, 6.07) is 0. The molecule has 0 aromatic carbocycles. The fourth-order valence-electron chi connectivity index (χ4n) is 3.64. The number of hydrogen-bond donors (Lipinski definition) is 1. The first kappa shape index (κ1) is 13.9. The molecule has 1 saturated carbocycles. The van der Waals surface area contributed by atoms with Gasteiger partial charge in [-0.2, -0.15) is 0 Å². The van der Waals surface area contributed by atoms with Crippen molar-refractivity contribution in [3.05, 3.63) is 23.8 Å². The van der Waals surface area contributed by atoms with Gasteiger partial charge in [-0.3, -0.25) is 0 Å². The maximum absolute atomic E-state index is 4.10. The average Bonchev–Trinajstić information content (AvgIpc) is 2.90. The zero-order valence-corrected chi connectivity index (χ0v) is 12.2. The molecule has 0 aromatic rings. The van der Waals surface area contributed by atoms with Crippen molar-refractivity contribution >= 4 is 0 Å². The lowest BCUT2D eigenvalue weighted by Crippen LogP contribution is -2.36. The molecule has 1 unspecified atom stereocenters. The number of rotatable bonds is 4. The van der Waals surface area contributed by atoms with Crippen LogP contribution in [0.25, 0.3) is 0 Å². The van der Waals surface area contributed by atoms with E-state index >= 15 is 0 Å². The monoisotopic (exact) mass is 247 g/mol. The lowest BCUT2D eigenvalue weighted by molar-refractivity contribution is 0.196. The van der Waals surface area contributed by atoms with Gasteiger partial charge in [0, 0.05) is 0 Å². The zero-order chi connectivity index (χ0) is 13.0. The molecule has 0 radical (unpaired) electrons. The molecule has 1 aliphatic carbocycles. The minimum absolute atomic E-state index is 0.518. The molecule has 0 spiro atoms. The fourth-order valence-corrected chi connectivity index (χ4v) is 3.64. The number of hydrogen-bond acceptors (Lipinski definition) is 1. The Hall–Kier alpha value is -0.560. The molecule has 102 valence electrons. The standard InChI is InChI=1S/C17H29N/c1-4-15(14(2)16-7-5-6-8-16)13-17(3)9-11-18-12-10-17/h4,15,18H,1,5-13H2,2-3H3. The van der Waals surface area contributed by atoms with Crippen LogP contribution in [0.4, 0.5) is 0 Å². The SMILES string of the molecule is C=CC(CC1(C)CCNCC1)C(C)=C1CCCC1. The Bertz CT molecular complexity index is 313. The van der Waals surface area contributed by atoms with Crippen molar-refractivity contribution in [2.24, 2.45) is 11.3 Å². The predicted molar refractivity (Wildman–Crippen MR) is 79.7 cm³/mol. The second-order valence-electron chi connectivity index (χ2n) is 6.60. The Morgan fingerprint density at radius 2 is 1.94 bits per heavy atom. The molecule has 1 N–H and O–H groups in total. The first-order chi connectivity index (χ1) is 8.64. The molecule has 0 bridgehead atoms. The van der Waals surface area contributed by atoms with Crippen LogP contribution in [0, 0.1) is 11.3 Å². The minimum Gasteiger partial charge on any atom is -0.317 e. The van der Waals surface area contributed by atoms with Gasteiger partial charge < -0.3 is 5.32 Å². The van der Waals surface area contributed by atoms with E-state index in [2.05, 4.69) is 31.8 Å². The second-order valence-corrected chi connectivity index (χ2v) is 6.60. The van der Waals surface area contributed by atoms with E-state index in [1.807, 2.05) is 0 Å². The van der Waals surface area contributed by atoms with Crippen molar-refractivity contribution in [1.29, 1.82) is 0 Å². The molecule has 1 heterocycles. The summed E-state index contributed by atoms with van der Waals surface area (Å²) in [4.78, 5) is 0. The summed E-state index contributed by atoms with van der Waals surface area (Å²) in [5.41, 5.74) is 3.89. The highest BCUT2D eigenvalue weighted by Crippen LogP contribution is 2.40. The Morgan fingerprint density at radius 3 is 2.50 bits per heavy atom. The average molecular weight is 247 g/mol. The van der Waals surface area contributed by atoms with Crippen LogP contribution in [-0.2, 0) is 0 Å². The third-order valence-electron chi connectivity index (χ3n) is 5.13. The summed E-state index contributed by atoms with van der Waals surface area (Å²) in [5, 5.41) is 3.48. The van der Waals surface area contributed by atoms with Crippen molar-refractivity contribution < 1.29 is 0 Å². The summed E-state index contributed by atoms with van der Waals surface area (Å²) < 4.78 is 0. The van der Waals surface area contributed by atoms with E-state index in [1.54, 1.807) is 11.1 Å². The van der Waals surface area contributed by atoms with Gasteiger partial charge in [-0.05, 0) is 76.3 Å². The fraction of sp³-hybridized carbons (Fsp3) is 0.765. The van der Waals surface area contributed by atoms with Gasteiger partial charge in [-0.1, -0.05) is 24.1 Å². The highest BCUT2D eigenvalue weighted by molar-refractivity contribution is 5.21. The summed E-state index contributed by atoms with van der Waals surface area (Å²) in [5.74, 6) is 0.612. The molecular formula is C17H29N. The molecule has 2 fully saturated rings. The number of piperidine rings is 1. The maximum atomic E-state index is 4.10. The molecule has 2 aliphatic rings. The topological polar surface area (TPSA) is 12.0 Å². The maximum Gasteiger partial charge on any atom is -0.00209 e. The first-order valence-corrected chi connectivity index (χ1v) is 7.66. The van der Waals surface area contributed by atoms with Gasteiger partial charge in [0.1, 0.15) is 0 Å². The quantitative estimate of drug-likeness (QED) is 0.723. The van der Waals surface area contributed by atoms with Crippen LogP contribution in [0.5, 0.6) is 0 Å². The van der Waals surface area contributed by atoms with Gasteiger partial charge in [0.15, 0.2) is 0 Å². The lowest BCUT2D eigenvalue weighted by atomic mass is 9.72. The molecular weight excluding hydrogens is 218 g/mol. The van der Waals surface area contributed by atoms with E-state index < -0.39 is 0 Å².